The smallest absolute Gasteiger partial charge is 0.255 e. The number of fused-ring (bicyclic) bond motifs is 1. The van der Waals surface area contributed by atoms with Gasteiger partial charge in [0.15, 0.2) is 0 Å². The third-order valence-electron chi connectivity index (χ3n) is 4.63. The molecule has 0 saturated heterocycles. The van der Waals surface area contributed by atoms with E-state index in [0.717, 1.165) is 28.5 Å². The van der Waals surface area contributed by atoms with Crippen LogP contribution in [0.3, 0.4) is 0 Å². The van der Waals surface area contributed by atoms with Gasteiger partial charge in [-0.2, -0.15) is 13.4 Å². The molecule has 0 saturated carbocycles. The first-order chi connectivity index (χ1) is 15.7. The second-order valence-electron chi connectivity index (χ2n) is 6.73. The summed E-state index contributed by atoms with van der Waals surface area (Å²) in [5, 5.41) is 16.2. The maximum Gasteiger partial charge on any atom is 0.255 e. The van der Waals surface area contributed by atoms with Crippen LogP contribution >= 0.6 is 35.1 Å². The Labute approximate surface area is 195 Å². The molecule has 0 radical (unpaired) electrons. The van der Waals surface area contributed by atoms with Gasteiger partial charge in [-0.15, -0.1) is 5.10 Å². The Hall–Kier alpha value is -3.34. The second kappa shape index (κ2) is 9.03. The molecule has 0 unspecified atom stereocenters. The molecule has 1 amide bonds. The van der Waals surface area contributed by atoms with Crippen LogP contribution in [0.5, 0.6) is 0 Å². The zero-order valence-electron chi connectivity index (χ0n) is 16.3. The van der Waals surface area contributed by atoms with Gasteiger partial charge in [-0.1, -0.05) is 41.6 Å². The quantitative estimate of drug-likeness (QED) is 0.347. The fourth-order valence-corrected chi connectivity index (χ4v) is 4.54. The van der Waals surface area contributed by atoms with Gasteiger partial charge in [-0.25, -0.2) is 0 Å². The van der Waals surface area contributed by atoms with E-state index in [1.54, 1.807) is 22.9 Å². The number of anilines is 1. The van der Waals surface area contributed by atoms with Crippen molar-refractivity contribution >= 4 is 57.7 Å². The Kier molecular flexibility index (Phi) is 5.80. The van der Waals surface area contributed by atoms with Gasteiger partial charge in [-0.05, 0) is 64.5 Å². The normalized spacial score (nSPS) is 11.0. The Morgan fingerprint density at radius 1 is 1.03 bits per heavy atom. The zero-order valence-corrected chi connectivity index (χ0v) is 18.7. The van der Waals surface area contributed by atoms with Crippen LogP contribution in [0, 0.1) is 0 Å². The van der Waals surface area contributed by atoms with E-state index in [1.807, 2.05) is 48.5 Å². The molecule has 32 heavy (non-hydrogen) atoms. The lowest BCUT2D eigenvalue weighted by Gasteiger charge is -2.08. The fraction of sp³-hybridized carbons (Fsp3) is 0.0476. The monoisotopic (exact) mass is 479 g/mol. The van der Waals surface area contributed by atoms with Gasteiger partial charge in [-0.3, -0.25) is 4.79 Å². The van der Waals surface area contributed by atoms with Gasteiger partial charge < -0.3 is 5.32 Å². The van der Waals surface area contributed by atoms with E-state index in [4.69, 9.17) is 11.6 Å². The summed E-state index contributed by atoms with van der Waals surface area (Å²) in [5.74, 6) is 0.473. The second-order valence-corrected chi connectivity index (χ2v) is 8.63. The first-order valence-electron chi connectivity index (χ1n) is 9.46. The number of rotatable bonds is 6. The van der Waals surface area contributed by atoms with Crippen molar-refractivity contribution in [2.75, 3.05) is 5.32 Å². The molecule has 5 aromatic rings. The molecule has 0 bridgehead atoms. The van der Waals surface area contributed by atoms with Crippen molar-refractivity contribution in [2.45, 2.75) is 10.9 Å². The molecule has 0 aliphatic heterocycles. The lowest BCUT2D eigenvalue weighted by Crippen LogP contribution is -2.12. The number of aromatic nitrogens is 6. The van der Waals surface area contributed by atoms with E-state index < -0.39 is 0 Å². The highest BCUT2D eigenvalue weighted by Gasteiger charge is 2.13. The molecule has 3 aromatic carbocycles. The summed E-state index contributed by atoms with van der Waals surface area (Å²) in [4.78, 5) is 12.7. The lowest BCUT2D eigenvalue weighted by molar-refractivity contribution is 0.102. The van der Waals surface area contributed by atoms with E-state index in [0.29, 0.717) is 32.7 Å². The third-order valence-corrected chi connectivity index (χ3v) is 6.42. The summed E-state index contributed by atoms with van der Waals surface area (Å²) in [5.41, 5.74) is 4.45. The number of carbonyl (C=O) groups is 1. The lowest BCUT2D eigenvalue weighted by atomic mass is 10.2. The van der Waals surface area contributed by atoms with E-state index in [2.05, 4.69) is 29.6 Å². The van der Waals surface area contributed by atoms with Crippen molar-refractivity contribution < 1.29 is 4.79 Å². The molecule has 8 nitrogen and oxygen atoms in total. The van der Waals surface area contributed by atoms with Crippen LogP contribution < -0.4 is 5.32 Å². The van der Waals surface area contributed by atoms with Crippen LogP contribution in [-0.2, 0) is 5.75 Å². The minimum absolute atomic E-state index is 0.230. The summed E-state index contributed by atoms with van der Waals surface area (Å²) in [7, 11) is 0. The number of thioether (sulfide) groups is 1. The standard InChI is InChI=1S/C21H14ClN7OS2/c22-15-8-4-13(5-9-15)12-31-21-24-27-28-29(21)16-10-6-14(7-11-16)20(30)23-17-2-1-3-18-19(17)26-32-25-18/h1-11H,12H2,(H,23,30). The number of halogens is 1. The maximum absolute atomic E-state index is 12.7. The molecule has 0 fully saturated rings. The number of amides is 1. The maximum atomic E-state index is 12.7. The summed E-state index contributed by atoms with van der Waals surface area (Å²) in [6.45, 7) is 0. The molecule has 2 aromatic heterocycles. The SMILES string of the molecule is O=C(Nc1cccc2nsnc12)c1ccc(-n2nnnc2SCc2ccc(Cl)cc2)cc1. The molecular weight excluding hydrogens is 466 g/mol. The van der Waals surface area contributed by atoms with Gasteiger partial charge in [0.2, 0.25) is 5.16 Å². The van der Waals surface area contributed by atoms with Gasteiger partial charge >= 0.3 is 0 Å². The van der Waals surface area contributed by atoms with Gasteiger partial charge in [0.05, 0.1) is 23.1 Å². The van der Waals surface area contributed by atoms with Crippen LogP contribution in [0.4, 0.5) is 5.69 Å². The highest BCUT2D eigenvalue weighted by atomic mass is 35.5. The molecule has 0 aliphatic carbocycles. The Balaban J connectivity index is 1.30. The molecule has 0 aliphatic rings. The zero-order chi connectivity index (χ0) is 21.9. The number of carbonyl (C=O) groups excluding carboxylic acids is 1. The van der Waals surface area contributed by atoms with Gasteiger partial charge in [0.1, 0.15) is 11.0 Å². The number of nitrogens with one attached hydrogen (secondary N) is 1. The molecule has 0 atom stereocenters. The molecule has 5 rings (SSSR count). The number of hydrogen-bond donors (Lipinski definition) is 1. The van der Waals surface area contributed by atoms with Crippen molar-refractivity contribution in [3.8, 4) is 5.69 Å². The predicted molar refractivity (Wildman–Crippen MR) is 126 cm³/mol. The van der Waals surface area contributed by atoms with Crippen molar-refractivity contribution in [3.63, 3.8) is 0 Å². The summed E-state index contributed by atoms with van der Waals surface area (Å²) in [6, 6.07) is 20.2. The number of tetrazole rings is 1. The van der Waals surface area contributed by atoms with Crippen LogP contribution in [0.2, 0.25) is 5.02 Å². The number of nitrogens with zero attached hydrogens (tertiary/aromatic N) is 6. The van der Waals surface area contributed by atoms with Crippen molar-refractivity contribution in [1.29, 1.82) is 0 Å². The van der Waals surface area contributed by atoms with E-state index in [9.17, 15) is 4.79 Å². The molecule has 11 heteroatoms. The van der Waals surface area contributed by atoms with E-state index in [1.165, 1.54) is 11.8 Å². The Bertz CT molecular complexity index is 1380. The van der Waals surface area contributed by atoms with Gasteiger partial charge in [0, 0.05) is 16.3 Å². The van der Waals surface area contributed by atoms with Crippen LogP contribution in [0.15, 0.2) is 71.9 Å². The highest BCUT2D eigenvalue weighted by Crippen LogP contribution is 2.24. The highest BCUT2D eigenvalue weighted by molar-refractivity contribution is 7.98. The Morgan fingerprint density at radius 3 is 2.66 bits per heavy atom. The van der Waals surface area contributed by atoms with Gasteiger partial charge in [0.25, 0.3) is 5.91 Å². The topological polar surface area (TPSA) is 98.5 Å². The number of hydrogen-bond acceptors (Lipinski definition) is 8. The minimum Gasteiger partial charge on any atom is -0.320 e. The van der Waals surface area contributed by atoms with Crippen molar-refractivity contribution in [3.05, 3.63) is 82.9 Å². The van der Waals surface area contributed by atoms with Crippen LogP contribution in [-0.4, -0.2) is 34.9 Å². The largest absolute Gasteiger partial charge is 0.320 e. The van der Waals surface area contributed by atoms with Crippen LogP contribution in [0.25, 0.3) is 16.7 Å². The molecule has 0 spiro atoms. The third kappa shape index (κ3) is 4.33. The van der Waals surface area contributed by atoms with E-state index >= 15 is 0 Å². The molecular formula is C21H14ClN7OS2. The Morgan fingerprint density at radius 2 is 1.84 bits per heavy atom. The summed E-state index contributed by atoms with van der Waals surface area (Å²) < 4.78 is 10.1. The predicted octanol–water partition coefficient (Wildman–Crippen LogP) is 4.87. The summed E-state index contributed by atoms with van der Waals surface area (Å²) >= 11 is 8.57. The summed E-state index contributed by atoms with van der Waals surface area (Å²) in [6.07, 6.45) is 0. The average Bonchev–Trinajstić information content (AvgIpc) is 3.49. The average molecular weight is 480 g/mol. The molecule has 158 valence electrons. The molecule has 1 N–H and O–H groups in total. The van der Waals surface area contributed by atoms with E-state index in [-0.39, 0.29) is 5.91 Å². The first kappa shape index (κ1) is 20.6. The molecule has 2 heterocycles. The number of benzene rings is 3. The minimum atomic E-state index is -0.230. The van der Waals surface area contributed by atoms with Crippen LogP contribution in [0.1, 0.15) is 15.9 Å². The van der Waals surface area contributed by atoms with Crippen molar-refractivity contribution in [1.82, 2.24) is 29.0 Å². The first-order valence-corrected chi connectivity index (χ1v) is 11.6. The van der Waals surface area contributed by atoms with Crippen molar-refractivity contribution in [2.24, 2.45) is 0 Å². The fourth-order valence-electron chi connectivity index (χ4n) is 3.01.